The summed E-state index contributed by atoms with van der Waals surface area (Å²) in [4.78, 5) is 24.3. The molecule has 6 rings (SSSR count). The van der Waals surface area contributed by atoms with E-state index in [4.69, 9.17) is 9.47 Å². The fourth-order valence-corrected chi connectivity index (χ4v) is 6.57. The predicted octanol–water partition coefficient (Wildman–Crippen LogP) is 6.98. The third-order valence-corrected chi connectivity index (χ3v) is 8.81. The van der Waals surface area contributed by atoms with Crippen molar-refractivity contribution in [3.63, 3.8) is 0 Å². The zero-order chi connectivity index (χ0) is 31.9. The Kier molecular flexibility index (Phi) is 8.31. The van der Waals surface area contributed by atoms with Gasteiger partial charge in [-0.25, -0.2) is 9.59 Å². The van der Waals surface area contributed by atoms with Crippen molar-refractivity contribution >= 4 is 79.4 Å². The number of alkyl halides is 1. The summed E-state index contributed by atoms with van der Waals surface area (Å²) in [5, 5.41) is 5.66. The Labute approximate surface area is 275 Å². The number of allylic oxidation sites excluding steroid dienone is 2. The molecular weight excluding hydrogens is 675 g/mol. The molecule has 0 saturated carbocycles. The highest BCUT2D eigenvalue weighted by atomic mass is 127. The van der Waals surface area contributed by atoms with Gasteiger partial charge in [-0.3, -0.25) is 0 Å². The summed E-state index contributed by atoms with van der Waals surface area (Å²) in [7, 11) is 0. The maximum atomic E-state index is 12.2. The van der Waals surface area contributed by atoms with Crippen molar-refractivity contribution in [2.24, 2.45) is 0 Å². The van der Waals surface area contributed by atoms with Crippen molar-refractivity contribution < 1.29 is 19.1 Å². The van der Waals surface area contributed by atoms with Crippen LogP contribution in [0.2, 0.25) is 0 Å². The molecule has 0 radical (unpaired) electrons. The number of carbonyl (C=O) groups excluding carboxylic acids is 2. The molecule has 0 aliphatic heterocycles. The minimum absolute atomic E-state index is 0.178. The largest absolute Gasteiger partial charge is 0.460 e. The van der Waals surface area contributed by atoms with E-state index in [9.17, 15) is 9.59 Å². The summed E-state index contributed by atoms with van der Waals surface area (Å²) >= 11 is 2.45. The summed E-state index contributed by atoms with van der Waals surface area (Å²) < 4.78 is 15.3. The van der Waals surface area contributed by atoms with Crippen LogP contribution in [0.1, 0.15) is 20.8 Å². The Bertz CT molecular complexity index is 2200. The number of hydrogen-bond donors (Lipinski definition) is 0. The quantitative estimate of drug-likeness (QED) is 0.0718. The average Bonchev–Trinajstić information content (AvgIpc) is 3.41. The number of ether oxygens (including phenoxy) is 2. The van der Waals surface area contributed by atoms with Gasteiger partial charge in [-0.1, -0.05) is 96.4 Å². The fraction of sp³-hybridized carbons (Fsp3) is 0.211. The fourth-order valence-electron chi connectivity index (χ4n) is 6.07. The molecule has 0 N–H and O–H groups in total. The summed E-state index contributed by atoms with van der Waals surface area (Å²) in [6.07, 6.45) is 8.76. The van der Waals surface area contributed by atoms with E-state index in [-0.39, 0.29) is 28.6 Å². The highest BCUT2D eigenvalue weighted by Crippen LogP contribution is 2.36. The lowest BCUT2D eigenvalue weighted by Crippen LogP contribution is -2.32. The van der Waals surface area contributed by atoms with E-state index < -0.39 is 0 Å². The first-order valence-electron chi connectivity index (χ1n) is 14.9. The molecule has 1 atom stereocenters. The van der Waals surface area contributed by atoms with E-state index in [1.165, 1.54) is 0 Å². The number of rotatable bonds is 9. The van der Waals surface area contributed by atoms with Gasteiger partial charge in [0.25, 0.3) is 0 Å². The maximum absolute atomic E-state index is 12.2. The normalized spacial score (nSPS) is 15.7. The third-order valence-electron chi connectivity index (χ3n) is 8.14. The standard InChI is InChI=1S/C38H35IN2O4/c1-24(2)36(42)44-20-18-40-33-16-15-26(22-31(33)29-13-9-17-38(5,39)23-34(29)40)27-11-8-12-30-28-10-6-7-14-32(28)41(35(27)30)19-21-45-37(43)25(3)4/h6-17,22-23H,1,3,18-21H2,2,4-5H3. The van der Waals surface area contributed by atoms with Crippen LogP contribution in [0.5, 0.6) is 0 Å². The van der Waals surface area contributed by atoms with Gasteiger partial charge in [-0.2, -0.15) is 0 Å². The van der Waals surface area contributed by atoms with E-state index >= 15 is 0 Å². The van der Waals surface area contributed by atoms with Crippen LogP contribution in [0.3, 0.4) is 0 Å². The van der Waals surface area contributed by atoms with Gasteiger partial charge in [0, 0.05) is 54.5 Å². The third kappa shape index (κ3) is 5.89. The average molecular weight is 711 g/mol. The molecule has 7 heteroatoms. The molecule has 3 aromatic carbocycles. The highest BCUT2D eigenvalue weighted by Gasteiger charge is 2.20. The number of benzene rings is 3. The molecule has 0 amide bonds. The molecule has 1 aliphatic carbocycles. The van der Waals surface area contributed by atoms with Crippen molar-refractivity contribution in [1.82, 2.24) is 9.13 Å². The second kappa shape index (κ2) is 12.2. The lowest BCUT2D eigenvalue weighted by molar-refractivity contribution is -0.140. The number of carbonyl (C=O) groups is 2. The molecule has 1 unspecified atom stereocenters. The second-order valence-corrected chi connectivity index (χ2v) is 14.0. The first-order valence-corrected chi connectivity index (χ1v) is 16.0. The number of hydrogen-bond acceptors (Lipinski definition) is 4. The monoisotopic (exact) mass is 710 g/mol. The van der Waals surface area contributed by atoms with Crippen molar-refractivity contribution in [2.75, 3.05) is 13.2 Å². The predicted molar refractivity (Wildman–Crippen MR) is 192 cm³/mol. The second-order valence-electron chi connectivity index (χ2n) is 11.7. The summed E-state index contributed by atoms with van der Waals surface area (Å²) in [5.74, 6) is -0.764. The van der Waals surface area contributed by atoms with Gasteiger partial charge in [0.05, 0.1) is 22.0 Å². The molecule has 2 aromatic heterocycles. The van der Waals surface area contributed by atoms with Crippen LogP contribution >= 0.6 is 22.6 Å². The number of aromatic nitrogens is 2. The molecule has 5 aromatic rings. The maximum Gasteiger partial charge on any atom is 0.333 e. The van der Waals surface area contributed by atoms with Crippen LogP contribution in [0.4, 0.5) is 0 Å². The Balaban J connectivity index is 1.51. The Morgan fingerprint density at radius 1 is 0.822 bits per heavy atom. The van der Waals surface area contributed by atoms with Crippen molar-refractivity contribution in [3.8, 4) is 11.1 Å². The molecule has 0 bridgehead atoms. The van der Waals surface area contributed by atoms with Gasteiger partial charge in [0.2, 0.25) is 0 Å². The SMILES string of the molecule is C=C(C)C(=O)OCCn1c2c(c3cc(-c4cccc5c6ccccc6n(CCOC(=O)C(=C)C)c45)ccc31)=CC=CC(C)(I)C=2. The first kappa shape index (κ1) is 30.6. The number of fused-ring (bicyclic) bond motifs is 6. The lowest BCUT2D eigenvalue weighted by Gasteiger charge is -2.13. The van der Waals surface area contributed by atoms with Crippen LogP contribution in [0, 0.1) is 0 Å². The van der Waals surface area contributed by atoms with E-state index in [1.54, 1.807) is 13.8 Å². The smallest absolute Gasteiger partial charge is 0.333 e. The van der Waals surface area contributed by atoms with Crippen LogP contribution < -0.4 is 10.6 Å². The number of halogens is 1. The van der Waals surface area contributed by atoms with Gasteiger partial charge in [0.1, 0.15) is 13.2 Å². The van der Waals surface area contributed by atoms with Crippen LogP contribution in [0.25, 0.3) is 56.0 Å². The summed E-state index contributed by atoms with van der Waals surface area (Å²) in [6, 6.07) is 21.3. The van der Waals surface area contributed by atoms with Gasteiger partial charge in [-0.05, 0) is 50.6 Å². The van der Waals surface area contributed by atoms with Crippen LogP contribution in [-0.4, -0.2) is 37.7 Å². The molecule has 228 valence electrons. The Hall–Kier alpha value is -4.37. The number of para-hydroxylation sites is 2. The molecule has 6 nitrogen and oxygen atoms in total. The molecule has 0 fully saturated rings. The van der Waals surface area contributed by atoms with Gasteiger partial charge in [-0.15, -0.1) is 0 Å². The van der Waals surface area contributed by atoms with Gasteiger partial charge >= 0.3 is 11.9 Å². The highest BCUT2D eigenvalue weighted by molar-refractivity contribution is 14.1. The summed E-state index contributed by atoms with van der Waals surface area (Å²) in [5.41, 5.74) is 6.22. The molecule has 0 saturated heterocycles. The first-order chi connectivity index (χ1) is 21.6. The molecule has 1 aliphatic rings. The van der Waals surface area contributed by atoms with Crippen LogP contribution in [0.15, 0.2) is 97.1 Å². The van der Waals surface area contributed by atoms with E-state index in [0.29, 0.717) is 24.2 Å². The van der Waals surface area contributed by atoms with Crippen LogP contribution in [-0.2, 0) is 32.2 Å². The van der Waals surface area contributed by atoms with Crippen molar-refractivity contribution in [3.05, 3.63) is 108 Å². The van der Waals surface area contributed by atoms with Gasteiger partial charge < -0.3 is 18.6 Å². The number of esters is 2. The topological polar surface area (TPSA) is 62.5 Å². The Morgan fingerprint density at radius 2 is 1.47 bits per heavy atom. The minimum atomic E-state index is -0.384. The van der Waals surface area contributed by atoms with E-state index in [0.717, 1.165) is 54.4 Å². The van der Waals surface area contributed by atoms with Crippen molar-refractivity contribution in [2.45, 2.75) is 37.3 Å². The molecule has 0 spiro atoms. The lowest BCUT2D eigenvalue weighted by atomic mass is 10.00. The Morgan fingerprint density at radius 3 is 2.18 bits per heavy atom. The molecular formula is C38H35IN2O4. The zero-order valence-electron chi connectivity index (χ0n) is 25.7. The molecule has 45 heavy (non-hydrogen) atoms. The van der Waals surface area contributed by atoms with Crippen molar-refractivity contribution in [1.29, 1.82) is 0 Å². The summed E-state index contributed by atoms with van der Waals surface area (Å²) in [6.45, 7) is 14.4. The molecule has 2 heterocycles. The van der Waals surface area contributed by atoms with Gasteiger partial charge in [0.15, 0.2) is 0 Å². The van der Waals surface area contributed by atoms with E-state index in [2.05, 4.69) is 131 Å². The number of nitrogens with zero attached hydrogens (tertiary/aromatic N) is 2. The van der Waals surface area contributed by atoms with E-state index in [1.807, 2.05) is 6.07 Å². The minimum Gasteiger partial charge on any atom is -0.460 e. The zero-order valence-corrected chi connectivity index (χ0v) is 27.9.